The molecule has 2 heterocycles. The summed E-state index contributed by atoms with van der Waals surface area (Å²) >= 11 is 5.25. The summed E-state index contributed by atoms with van der Waals surface area (Å²) in [4.78, 5) is 14.2. The highest BCUT2D eigenvalue weighted by Crippen LogP contribution is 2.44. The molecule has 1 aromatic heterocycles. The first-order chi connectivity index (χ1) is 12.5. The number of nitrogens with one attached hydrogen (secondary N) is 2. The number of thiophene rings is 1. The van der Waals surface area contributed by atoms with Crippen LogP contribution in [-0.4, -0.2) is 20.1 Å². The molecular weight excluding hydrogens is 416 g/mol. The number of ether oxygens (including phenoxy) is 2. The SMILES string of the molecule is COc1cc([C@@H]2NC(=O)c3c(sc4c3CC[C@H](C)C4)N2)cc(Br)c1OC. The Morgan fingerprint density at radius 2 is 2.04 bits per heavy atom. The Morgan fingerprint density at radius 3 is 2.77 bits per heavy atom. The first-order valence-electron chi connectivity index (χ1n) is 8.65. The summed E-state index contributed by atoms with van der Waals surface area (Å²) in [5.74, 6) is 1.95. The number of anilines is 1. The molecule has 2 aromatic rings. The molecule has 0 unspecified atom stereocenters. The van der Waals surface area contributed by atoms with Crippen LogP contribution >= 0.6 is 27.3 Å². The monoisotopic (exact) mass is 436 g/mol. The van der Waals surface area contributed by atoms with Gasteiger partial charge in [0.25, 0.3) is 5.91 Å². The van der Waals surface area contributed by atoms with Gasteiger partial charge in [-0.3, -0.25) is 4.79 Å². The van der Waals surface area contributed by atoms with Crippen LogP contribution in [0.15, 0.2) is 16.6 Å². The second kappa shape index (κ2) is 6.78. The first-order valence-corrected chi connectivity index (χ1v) is 10.3. The lowest BCUT2D eigenvalue weighted by atomic mass is 9.88. The summed E-state index contributed by atoms with van der Waals surface area (Å²) in [5, 5.41) is 7.57. The molecule has 26 heavy (non-hydrogen) atoms. The molecule has 1 amide bonds. The number of rotatable bonds is 3. The van der Waals surface area contributed by atoms with Crippen LogP contribution < -0.4 is 20.1 Å². The van der Waals surface area contributed by atoms with Gasteiger partial charge in [-0.05, 0) is 64.4 Å². The van der Waals surface area contributed by atoms with Crippen molar-refractivity contribution in [2.75, 3.05) is 19.5 Å². The van der Waals surface area contributed by atoms with E-state index in [0.717, 1.165) is 39.9 Å². The molecule has 5 nitrogen and oxygen atoms in total. The van der Waals surface area contributed by atoms with Gasteiger partial charge >= 0.3 is 0 Å². The number of carbonyl (C=O) groups is 1. The van der Waals surface area contributed by atoms with Gasteiger partial charge in [-0.2, -0.15) is 0 Å². The molecule has 0 radical (unpaired) electrons. The van der Waals surface area contributed by atoms with E-state index in [1.54, 1.807) is 25.6 Å². The van der Waals surface area contributed by atoms with E-state index in [4.69, 9.17) is 9.47 Å². The Balaban J connectivity index is 1.70. The Morgan fingerprint density at radius 1 is 1.23 bits per heavy atom. The molecule has 1 aliphatic heterocycles. The number of fused-ring (bicyclic) bond motifs is 3. The number of hydrogen-bond acceptors (Lipinski definition) is 5. The Bertz CT molecular complexity index is 880. The average Bonchev–Trinajstić information content (AvgIpc) is 2.98. The van der Waals surface area contributed by atoms with E-state index in [9.17, 15) is 4.79 Å². The molecular formula is C19H21BrN2O3S. The van der Waals surface area contributed by atoms with Crippen molar-refractivity contribution in [3.63, 3.8) is 0 Å². The number of carbonyl (C=O) groups excluding carboxylic acids is 1. The van der Waals surface area contributed by atoms with Crippen molar-refractivity contribution in [1.82, 2.24) is 5.32 Å². The predicted octanol–water partition coefficient (Wildman–Crippen LogP) is 4.51. The smallest absolute Gasteiger partial charge is 0.256 e. The third-order valence-corrected chi connectivity index (χ3v) is 6.85. The minimum Gasteiger partial charge on any atom is -0.493 e. The Labute approximate surface area is 165 Å². The summed E-state index contributed by atoms with van der Waals surface area (Å²) in [5.41, 5.74) is 2.99. The van der Waals surface area contributed by atoms with Crippen molar-refractivity contribution < 1.29 is 14.3 Å². The van der Waals surface area contributed by atoms with Crippen LogP contribution in [0.5, 0.6) is 11.5 Å². The Kier molecular flexibility index (Phi) is 4.61. The highest BCUT2D eigenvalue weighted by Gasteiger charge is 2.33. The molecule has 0 saturated carbocycles. The van der Waals surface area contributed by atoms with Crippen LogP contribution in [0.1, 0.15) is 45.9 Å². The van der Waals surface area contributed by atoms with Gasteiger partial charge in [-0.25, -0.2) is 0 Å². The molecule has 2 N–H and O–H groups in total. The molecule has 138 valence electrons. The maximum atomic E-state index is 12.8. The molecule has 0 spiro atoms. The van der Waals surface area contributed by atoms with Gasteiger partial charge in [0.05, 0.1) is 24.3 Å². The lowest BCUT2D eigenvalue weighted by Gasteiger charge is -2.27. The number of methoxy groups -OCH3 is 2. The topological polar surface area (TPSA) is 59.6 Å². The lowest BCUT2D eigenvalue weighted by molar-refractivity contribution is 0.0935. The minimum atomic E-state index is -0.302. The summed E-state index contributed by atoms with van der Waals surface area (Å²) in [7, 11) is 3.21. The van der Waals surface area contributed by atoms with Gasteiger partial charge in [0.15, 0.2) is 11.5 Å². The standard InChI is InChI=1S/C19H21BrN2O3S/c1-9-4-5-11-14(6-9)26-19-15(11)18(23)21-17(22-19)10-7-12(20)16(25-3)13(8-10)24-2/h7-9,17,22H,4-6H2,1-3H3,(H,21,23)/t9-,17+/m0/s1. The van der Waals surface area contributed by atoms with Crippen molar-refractivity contribution in [2.45, 2.75) is 32.4 Å². The van der Waals surface area contributed by atoms with Crippen molar-refractivity contribution in [3.05, 3.63) is 38.2 Å². The van der Waals surface area contributed by atoms with E-state index in [1.807, 2.05) is 12.1 Å². The zero-order valence-corrected chi connectivity index (χ0v) is 17.3. The molecule has 0 saturated heterocycles. The van der Waals surface area contributed by atoms with Crippen LogP contribution in [-0.2, 0) is 12.8 Å². The number of amides is 1. The average molecular weight is 437 g/mol. The fourth-order valence-corrected chi connectivity index (χ4v) is 5.79. The van der Waals surface area contributed by atoms with Crippen LogP contribution in [0.2, 0.25) is 0 Å². The quantitative estimate of drug-likeness (QED) is 0.742. The van der Waals surface area contributed by atoms with Crippen molar-refractivity contribution >= 4 is 38.2 Å². The molecule has 2 atom stereocenters. The van der Waals surface area contributed by atoms with Gasteiger partial charge in [-0.15, -0.1) is 11.3 Å². The van der Waals surface area contributed by atoms with Gasteiger partial charge < -0.3 is 20.1 Å². The molecule has 7 heteroatoms. The van der Waals surface area contributed by atoms with Gasteiger partial charge in [0, 0.05) is 4.88 Å². The van der Waals surface area contributed by atoms with E-state index in [-0.39, 0.29) is 12.1 Å². The molecule has 1 aliphatic carbocycles. The molecule has 1 aromatic carbocycles. The first kappa shape index (κ1) is 17.7. The predicted molar refractivity (Wildman–Crippen MR) is 107 cm³/mol. The van der Waals surface area contributed by atoms with Gasteiger partial charge in [0.2, 0.25) is 0 Å². The van der Waals surface area contributed by atoms with Crippen LogP contribution in [0.4, 0.5) is 5.00 Å². The molecule has 4 rings (SSSR count). The van der Waals surface area contributed by atoms with E-state index in [0.29, 0.717) is 17.4 Å². The fourth-order valence-electron chi connectivity index (χ4n) is 3.73. The second-order valence-corrected chi connectivity index (χ2v) is 8.80. The third kappa shape index (κ3) is 2.87. The largest absolute Gasteiger partial charge is 0.493 e. The van der Waals surface area contributed by atoms with Crippen molar-refractivity contribution in [2.24, 2.45) is 5.92 Å². The summed E-state index contributed by atoms with van der Waals surface area (Å²) < 4.78 is 11.6. The highest BCUT2D eigenvalue weighted by molar-refractivity contribution is 9.10. The van der Waals surface area contributed by atoms with Crippen LogP contribution in [0.25, 0.3) is 0 Å². The number of hydrogen-bond donors (Lipinski definition) is 2. The molecule has 2 aliphatic rings. The normalized spacial score (nSPS) is 21.3. The molecule has 0 fully saturated rings. The zero-order valence-electron chi connectivity index (χ0n) is 14.9. The summed E-state index contributed by atoms with van der Waals surface area (Å²) in [6, 6.07) is 3.84. The van der Waals surface area contributed by atoms with Gasteiger partial charge in [0.1, 0.15) is 11.2 Å². The van der Waals surface area contributed by atoms with Crippen molar-refractivity contribution in [1.29, 1.82) is 0 Å². The van der Waals surface area contributed by atoms with Crippen LogP contribution in [0, 0.1) is 5.92 Å². The van der Waals surface area contributed by atoms with E-state index < -0.39 is 0 Å². The lowest BCUT2D eigenvalue weighted by Crippen LogP contribution is -2.38. The summed E-state index contributed by atoms with van der Waals surface area (Å²) in [6.45, 7) is 2.28. The van der Waals surface area contributed by atoms with E-state index in [2.05, 4.69) is 33.5 Å². The van der Waals surface area contributed by atoms with Crippen LogP contribution in [0.3, 0.4) is 0 Å². The van der Waals surface area contributed by atoms with Crippen molar-refractivity contribution in [3.8, 4) is 11.5 Å². The third-order valence-electron chi connectivity index (χ3n) is 5.08. The minimum absolute atomic E-state index is 0.00158. The maximum absolute atomic E-state index is 12.8. The number of benzene rings is 1. The Hall–Kier alpha value is -1.73. The molecule has 0 bridgehead atoms. The van der Waals surface area contributed by atoms with E-state index >= 15 is 0 Å². The number of halogens is 1. The summed E-state index contributed by atoms with van der Waals surface area (Å²) in [6.07, 6.45) is 2.90. The maximum Gasteiger partial charge on any atom is 0.256 e. The zero-order chi connectivity index (χ0) is 18.4. The second-order valence-electron chi connectivity index (χ2n) is 6.84. The fraction of sp³-hybridized carbons (Fsp3) is 0.421. The highest BCUT2D eigenvalue weighted by atomic mass is 79.9. The van der Waals surface area contributed by atoms with Gasteiger partial charge in [-0.1, -0.05) is 6.92 Å². The van der Waals surface area contributed by atoms with E-state index in [1.165, 1.54) is 10.4 Å².